The van der Waals surface area contributed by atoms with Crippen molar-refractivity contribution in [2.24, 2.45) is 0 Å². The predicted octanol–water partition coefficient (Wildman–Crippen LogP) is 12.5. The maximum Gasteiger partial charge on any atom is 0.0546 e. The van der Waals surface area contributed by atoms with E-state index in [1.807, 2.05) is 0 Å². The fourth-order valence-electron chi connectivity index (χ4n) is 6.45. The van der Waals surface area contributed by atoms with E-state index in [-0.39, 0.29) is 0 Å². The van der Waals surface area contributed by atoms with Gasteiger partial charge in [-0.05, 0) is 68.2 Å². The van der Waals surface area contributed by atoms with Gasteiger partial charge in [0.05, 0.1) is 11.4 Å². The standard InChI is InChI=1S/C44H31N/c1-3-12-32(13-4-1)33-22-24-34(25-23-33)35-28-30-39(31-29-35)45(42-20-10-9-18-40(42)36-14-5-2-6-15-36)43-21-11-17-38-27-26-37-16-7-8-19-41(37)44(38)43/h1-31H. The summed E-state index contributed by atoms with van der Waals surface area (Å²) in [5.41, 5.74) is 10.7. The average molecular weight is 574 g/mol. The van der Waals surface area contributed by atoms with Gasteiger partial charge in [0.25, 0.3) is 0 Å². The Morgan fingerprint density at radius 2 is 0.778 bits per heavy atom. The molecule has 8 aromatic rings. The minimum Gasteiger partial charge on any atom is -0.309 e. The lowest BCUT2D eigenvalue weighted by atomic mass is 9.97. The van der Waals surface area contributed by atoms with Gasteiger partial charge in [-0.2, -0.15) is 0 Å². The molecule has 0 aromatic heterocycles. The molecule has 0 aliphatic carbocycles. The lowest BCUT2D eigenvalue weighted by Gasteiger charge is -2.29. The summed E-state index contributed by atoms with van der Waals surface area (Å²) < 4.78 is 0. The maximum atomic E-state index is 2.43. The number of anilines is 3. The Bertz CT molecular complexity index is 2230. The van der Waals surface area contributed by atoms with Crippen molar-refractivity contribution in [3.63, 3.8) is 0 Å². The van der Waals surface area contributed by atoms with Crippen LogP contribution in [0.15, 0.2) is 188 Å². The first-order valence-corrected chi connectivity index (χ1v) is 15.4. The van der Waals surface area contributed by atoms with Gasteiger partial charge in [-0.1, -0.05) is 164 Å². The van der Waals surface area contributed by atoms with Crippen LogP contribution in [0.1, 0.15) is 0 Å². The second-order valence-corrected chi connectivity index (χ2v) is 11.4. The van der Waals surface area contributed by atoms with Crippen LogP contribution in [0.3, 0.4) is 0 Å². The van der Waals surface area contributed by atoms with Crippen LogP contribution in [0.2, 0.25) is 0 Å². The summed E-state index contributed by atoms with van der Waals surface area (Å²) in [5, 5.41) is 4.97. The highest BCUT2D eigenvalue weighted by Crippen LogP contribution is 2.45. The third kappa shape index (κ3) is 5.05. The third-order valence-corrected chi connectivity index (χ3v) is 8.67. The quantitative estimate of drug-likeness (QED) is 0.179. The fourth-order valence-corrected chi connectivity index (χ4v) is 6.45. The van der Waals surface area contributed by atoms with Gasteiger partial charge in [0.15, 0.2) is 0 Å². The van der Waals surface area contributed by atoms with Crippen molar-refractivity contribution in [1.29, 1.82) is 0 Å². The molecule has 0 bridgehead atoms. The van der Waals surface area contributed by atoms with Gasteiger partial charge in [-0.15, -0.1) is 0 Å². The van der Waals surface area contributed by atoms with Crippen molar-refractivity contribution < 1.29 is 0 Å². The van der Waals surface area contributed by atoms with E-state index in [4.69, 9.17) is 0 Å². The minimum atomic E-state index is 1.11. The molecule has 0 amide bonds. The van der Waals surface area contributed by atoms with Crippen LogP contribution in [-0.4, -0.2) is 0 Å². The van der Waals surface area contributed by atoms with Gasteiger partial charge in [-0.3, -0.25) is 0 Å². The Morgan fingerprint density at radius 1 is 0.289 bits per heavy atom. The summed E-state index contributed by atoms with van der Waals surface area (Å²) in [4.78, 5) is 2.43. The number of nitrogens with zero attached hydrogens (tertiary/aromatic N) is 1. The van der Waals surface area contributed by atoms with Gasteiger partial charge < -0.3 is 4.90 Å². The van der Waals surface area contributed by atoms with Crippen LogP contribution in [0.25, 0.3) is 54.9 Å². The van der Waals surface area contributed by atoms with Crippen molar-refractivity contribution in [2.75, 3.05) is 4.90 Å². The summed E-state index contributed by atoms with van der Waals surface area (Å²) in [6.07, 6.45) is 0. The molecule has 45 heavy (non-hydrogen) atoms. The van der Waals surface area contributed by atoms with Crippen molar-refractivity contribution in [1.82, 2.24) is 0 Å². The molecule has 8 aromatic carbocycles. The van der Waals surface area contributed by atoms with Gasteiger partial charge >= 0.3 is 0 Å². The van der Waals surface area contributed by atoms with Crippen LogP contribution >= 0.6 is 0 Å². The minimum absolute atomic E-state index is 1.11. The Kier molecular flexibility index (Phi) is 6.90. The zero-order valence-electron chi connectivity index (χ0n) is 24.8. The van der Waals surface area contributed by atoms with E-state index in [9.17, 15) is 0 Å². The van der Waals surface area contributed by atoms with Crippen molar-refractivity contribution in [3.8, 4) is 33.4 Å². The molecular formula is C44H31N. The van der Waals surface area contributed by atoms with E-state index in [0.29, 0.717) is 0 Å². The molecule has 0 unspecified atom stereocenters. The second-order valence-electron chi connectivity index (χ2n) is 11.4. The smallest absolute Gasteiger partial charge is 0.0546 e. The van der Waals surface area contributed by atoms with E-state index >= 15 is 0 Å². The Hall–Kier alpha value is -5.92. The molecular weight excluding hydrogens is 542 g/mol. The first-order valence-electron chi connectivity index (χ1n) is 15.4. The highest BCUT2D eigenvalue weighted by Gasteiger charge is 2.20. The number of rotatable bonds is 6. The second kappa shape index (κ2) is 11.6. The van der Waals surface area contributed by atoms with Crippen molar-refractivity contribution >= 4 is 38.6 Å². The highest BCUT2D eigenvalue weighted by molar-refractivity contribution is 6.15. The van der Waals surface area contributed by atoms with Crippen molar-refractivity contribution in [2.45, 2.75) is 0 Å². The molecule has 0 saturated carbocycles. The molecule has 0 fully saturated rings. The summed E-state index contributed by atoms with van der Waals surface area (Å²) in [7, 11) is 0. The first-order chi connectivity index (χ1) is 22.3. The SMILES string of the molecule is c1ccc(-c2ccc(-c3ccc(N(c4ccccc4-c4ccccc4)c4cccc5ccc6ccccc6c45)cc3)cc2)cc1. The van der Waals surface area contributed by atoms with Crippen LogP contribution in [-0.2, 0) is 0 Å². The summed E-state index contributed by atoms with van der Waals surface area (Å²) in [6.45, 7) is 0. The monoisotopic (exact) mass is 573 g/mol. The molecule has 8 rings (SSSR count). The molecule has 1 nitrogen and oxygen atoms in total. The molecule has 0 radical (unpaired) electrons. The van der Waals surface area contributed by atoms with Crippen molar-refractivity contribution in [3.05, 3.63) is 188 Å². The largest absolute Gasteiger partial charge is 0.309 e. The number of hydrogen-bond donors (Lipinski definition) is 0. The number of para-hydroxylation sites is 1. The Morgan fingerprint density at radius 3 is 1.49 bits per heavy atom. The van der Waals surface area contributed by atoms with Crippen LogP contribution in [0.4, 0.5) is 17.1 Å². The number of fused-ring (bicyclic) bond motifs is 3. The van der Waals surface area contributed by atoms with E-state index in [2.05, 4.69) is 193 Å². The molecule has 1 heteroatoms. The molecule has 0 saturated heterocycles. The molecule has 0 aliphatic heterocycles. The molecule has 0 spiro atoms. The summed E-state index contributed by atoms with van der Waals surface area (Å²) >= 11 is 0. The summed E-state index contributed by atoms with van der Waals surface area (Å²) in [5.74, 6) is 0. The van der Waals surface area contributed by atoms with Gasteiger partial charge in [0.1, 0.15) is 0 Å². The lowest BCUT2D eigenvalue weighted by molar-refractivity contribution is 1.30. The normalized spacial score (nSPS) is 11.1. The van der Waals surface area contributed by atoms with Crippen LogP contribution in [0, 0.1) is 0 Å². The predicted molar refractivity (Wildman–Crippen MR) is 192 cm³/mol. The van der Waals surface area contributed by atoms with Gasteiger partial charge in [-0.25, -0.2) is 0 Å². The van der Waals surface area contributed by atoms with E-state index in [1.165, 1.54) is 54.9 Å². The topological polar surface area (TPSA) is 3.24 Å². The number of hydrogen-bond acceptors (Lipinski definition) is 1. The third-order valence-electron chi connectivity index (χ3n) is 8.67. The van der Waals surface area contributed by atoms with Gasteiger partial charge in [0, 0.05) is 16.6 Å². The fraction of sp³-hybridized carbons (Fsp3) is 0. The zero-order valence-corrected chi connectivity index (χ0v) is 24.8. The molecule has 0 atom stereocenters. The Labute approximate surface area is 264 Å². The molecule has 0 aliphatic rings. The first kappa shape index (κ1) is 26.7. The maximum absolute atomic E-state index is 2.43. The van der Waals surface area contributed by atoms with E-state index in [0.717, 1.165) is 17.1 Å². The lowest BCUT2D eigenvalue weighted by Crippen LogP contribution is -2.12. The van der Waals surface area contributed by atoms with Crippen LogP contribution < -0.4 is 4.90 Å². The van der Waals surface area contributed by atoms with E-state index < -0.39 is 0 Å². The summed E-state index contributed by atoms with van der Waals surface area (Å²) in [6, 6.07) is 67.6. The van der Waals surface area contributed by atoms with Crippen LogP contribution in [0.5, 0.6) is 0 Å². The van der Waals surface area contributed by atoms with E-state index in [1.54, 1.807) is 0 Å². The highest BCUT2D eigenvalue weighted by atomic mass is 15.1. The number of benzene rings is 8. The average Bonchev–Trinajstić information content (AvgIpc) is 3.13. The van der Waals surface area contributed by atoms with Gasteiger partial charge in [0.2, 0.25) is 0 Å². The Balaban J connectivity index is 1.29. The molecule has 212 valence electrons. The zero-order chi connectivity index (χ0) is 30.0. The molecule has 0 heterocycles. The molecule has 0 N–H and O–H groups in total.